The largest absolute Gasteiger partial charge is 0.496 e. The summed E-state index contributed by atoms with van der Waals surface area (Å²) in [5, 5.41) is 3.39. The molecule has 162 valence electrons. The number of methoxy groups -OCH3 is 2. The number of anilines is 1. The van der Waals surface area contributed by atoms with E-state index in [9.17, 15) is 4.79 Å². The summed E-state index contributed by atoms with van der Waals surface area (Å²) in [5.74, 6) is 1.12. The maximum atomic E-state index is 11.6. The molecule has 0 fully saturated rings. The Morgan fingerprint density at radius 3 is 2.45 bits per heavy atom. The van der Waals surface area contributed by atoms with Gasteiger partial charge in [0.15, 0.2) is 0 Å². The molecule has 2 aromatic carbocycles. The molecule has 0 saturated heterocycles. The van der Waals surface area contributed by atoms with Crippen molar-refractivity contribution < 1.29 is 19.0 Å². The number of aryl methyl sites for hydroxylation is 1. The Bertz CT molecular complexity index is 1010. The number of ether oxygens (including phenoxy) is 3. The third kappa shape index (κ3) is 5.98. The molecule has 3 aromatic rings. The Hall–Kier alpha value is -3.54. The van der Waals surface area contributed by atoms with Crippen LogP contribution in [0.15, 0.2) is 60.7 Å². The topological polar surface area (TPSA) is 69.7 Å². The van der Waals surface area contributed by atoms with E-state index in [-0.39, 0.29) is 5.97 Å². The van der Waals surface area contributed by atoms with Gasteiger partial charge in [0.05, 0.1) is 26.5 Å². The standard InChI is InChI=1S/C25H28N2O4/c1-4-31-24(28)15-12-19-10-13-21(16-23(19)29-2)26-17-20-11-14-22(27-25(20)30-3)18-8-6-5-7-9-18/h5-11,13-14,16,26H,4,12,15,17H2,1-3H3. The van der Waals surface area contributed by atoms with Gasteiger partial charge in [-0.15, -0.1) is 0 Å². The van der Waals surface area contributed by atoms with E-state index < -0.39 is 0 Å². The van der Waals surface area contributed by atoms with E-state index in [1.54, 1.807) is 21.1 Å². The minimum atomic E-state index is -0.203. The highest BCUT2D eigenvalue weighted by molar-refractivity contribution is 5.70. The molecule has 1 heterocycles. The summed E-state index contributed by atoms with van der Waals surface area (Å²) in [6.45, 7) is 2.75. The van der Waals surface area contributed by atoms with Crippen LogP contribution in [-0.4, -0.2) is 31.8 Å². The van der Waals surface area contributed by atoms with E-state index in [0.29, 0.717) is 31.9 Å². The van der Waals surface area contributed by atoms with Crippen molar-refractivity contribution in [3.8, 4) is 22.9 Å². The summed E-state index contributed by atoms with van der Waals surface area (Å²) in [6.07, 6.45) is 0.897. The van der Waals surface area contributed by atoms with E-state index in [1.807, 2.05) is 60.7 Å². The molecular formula is C25H28N2O4. The number of hydrogen-bond acceptors (Lipinski definition) is 6. The fourth-order valence-electron chi connectivity index (χ4n) is 3.28. The molecule has 0 aliphatic heterocycles. The number of aromatic nitrogens is 1. The first-order valence-corrected chi connectivity index (χ1v) is 10.3. The fraction of sp³-hybridized carbons (Fsp3) is 0.280. The van der Waals surface area contributed by atoms with Gasteiger partial charge < -0.3 is 19.5 Å². The van der Waals surface area contributed by atoms with Crippen LogP contribution in [0, 0.1) is 0 Å². The molecule has 1 aromatic heterocycles. The van der Waals surface area contributed by atoms with Crippen molar-refractivity contribution in [2.24, 2.45) is 0 Å². The third-order valence-electron chi connectivity index (χ3n) is 4.88. The smallest absolute Gasteiger partial charge is 0.306 e. The molecule has 31 heavy (non-hydrogen) atoms. The first kappa shape index (κ1) is 22.2. The zero-order valence-corrected chi connectivity index (χ0v) is 18.2. The van der Waals surface area contributed by atoms with Gasteiger partial charge in [0.2, 0.25) is 5.88 Å². The highest BCUT2D eigenvalue weighted by atomic mass is 16.5. The third-order valence-corrected chi connectivity index (χ3v) is 4.88. The zero-order chi connectivity index (χ0) is 22.1. The van der Waals surface area contributed by atoms with E-state index in [0.717, 1.165) is 33.8 Å². The number of rotatable bonds is 10. The van der Waals surface area contributed by atoms with Crippen LogP contribution in [-0.2, 0) is 22.5 Å². The quantitative estimate of drug-likeness (QED) is 0.472. The van der Waals surface area contributed by atoms with Gasteiger partial charge in [-0.05, 0) is 37.1 Å². The minimum Gasteiger partial charge on any atom is -0.496 e. The maximum absolute atomic E-state index is 11.6. The summed E-state index contributed by atoms with van der Waals surface area (Å²) < 4.78 is 16.0. The number of esters is 1. The molecular weight excluding hydrogens is 392 g/mol. The van der Waals surface area contributed by atoms with Crippen molar-refractivity contribution in [3.63, 3.8) is 0 Å². The molecule has 0 spiro atoms. The lowest BCUT2D eigenvalue weighted by molar-refractivity contribution is -0.143. The highest BCUT2D eigenvalue weighted by Crippen LogP contribution is 2.27. The highest BCUT2D eigenvalue weighted by Gasteiger charge is 2.11. The second kappa shape index (κ2) is 11.0. The Morgan fingerprint density at radius 2 is 1.74 bits per heavy atom. The summed E-state index contributed by atoms with van der Waals surface area (Å²) in [6, 6.07) is 19.9. The SMILES string of the molecule is CCOC(=O)CCc1ccc(NCc2ccc(-c3ccccc3)nc2OC)cc1OC. The van der Waals surface area contributed by atoms with Crippen LogP contribution < -0.4 is 14.8 Å². The van der Waals surface area contributed by atoms with Crippen molar-refractivity contribution in [2.75, 3.05) is 26.1 Å². The summed E-state index contributed by atoms with van der Waals surface area (Å²) in [5.41, 5.74) is 4.74. The first-order chi connectivity index (χ1) is 15.1. The van der Waals surface area contributed by atoms with Crippen LogP contribution in [0.25, 0.3) is 11.3 Å². The molecule has 6 heteroatoms. The molecule has 0 amide bonds. The molecule has 0 bridgehead atoms. The molecule has 3 rings (SSSR count). The maximum Gasteiger partial charge on any atom is 0.306 e. The Morgan fingerprint density at radius 1 is 0.968 bits per heavy atom. The molecule has 0 atom stereocenters. The number of carbonyl (C=O) groups is 1. The van der Waals surface area contributed by atoms with E-state index in [4.69, 9.17) is 14.2 Å². The van der Waals surface area contributed by atoms with Crippen LogP contribution in [0.4, 0.5) is 5.69 Å². The average molecular weight is 421 g/mol. The van der Waals surface area contributed by atoms with Gasteiger partial charge in [-0.1, -0.05) is 36.4 Å². The van der Waals surface area contributed by atoms with Gasteiger partial charge in [0, 0.05) is 35.8 Å². The van der Waals surface area contributed by atoms with Gasteiger partial charge in [0.1, 0.15) is 5.75 Å². The number of nitrogens with zero attached hydrogens (tertiary/aromatic N) is 1. The van der Waals surface area contributed by atoms with Crippen molar-refractivity contribution in [1.29, 1.82) is 0 Å². The molecule has 0 unspecified atom stereocenters. The first-order valence-electron chi connectivity index (χ1n) is 10.3. The van der Waals surface area contributed by atoms with Gasteiger partial charge in [-0.3, -0.25) is 4.79 Å². The van der Waals surface area contributed by atoms with Crippen molar-refractivity contribution in [3.05, 3.63) is 71.8 Å². The van der Waals surface area contributed by atoms with Gasteiger partial charge >= 0.3 is 5.97 Å². The van der Waals surface area contributed by atoms with Crippen LogP contribution >= 0.6 is 0 Å². The Kier molecular flexibility index (Phi) is 7.87. The van der Waals surface area contributed by atoms with E-state index in [2.05, 4.69) is 10.3 Å². The lowest BCUT2D eigenvalue weighted by atomic mass is 10.1. The summed E-state index contributed by atoms with van der Waals surface area (Å²) in [7, 11) is 3.25. The Balaban J connectivity index is 1.68. The molecule has 0 radical (unpaired) electrons. The van der Waals surface area contributed by atoms with Crippen molar-refractivity contribution in [1.82, 2.24) is 4.98 Å². The second-order valence-electron chi connectivity index (χ2n) is 6.92. The summed E-state index contributed by atoms with van der Waals surface area (Å²) in [4.78, 5) is 16.3. The summed E-state index contributed by atoms with van der Waals surface area (Å²) >= 11 is 0. The number of hydrogen-bond donors (Lipinski definition) is 1. The normalized spacial score (nSPS) is 10.4. The van der Waals surface area contributed by atoms with Crippen molar-refractivity contribution >= 4 is 11.7 Å². The minimum absolute atomic E-state index is 0.203. The molecule has 0 aliphatic carbocycles. The van der Waals surface area contributed by atoms with Gasteiger partial charge in [-0.25, -0.2) is 4.98 Å². The number of carbonyl (C=O) groups excluding carboxylic acids is 1. The predicted molar refractivity (Wildman–Crippen MR) is 121 cm³/mol. The molecule has 0 saturated carbocycles. The molecule has 0 aliphatic rings. The monoisotopic (exact) mass is 420 g/mol. The van der Waals surface area contributed by atoms with Gasteiger partial charge in [0.25, 0.3) is 0 Å². The molecule has 6 nitrogen and oxygen atoms in total. The van der Waals surface area contributed by atoms with Crippen molar-refractivity contribution in [2.45, 2.75) is 26.3 Å². The fourth-order valence-corrected chi connectivity index (χ4v) is 3.28. The number of pyridine rings is 1. The van der Waals surface area contributed by atoms with Gasteiger partial charge in [-0.2, -0.15) is 0 Å². The Labute approximate surface area is 183 Å². The zero-order valence-electron chi connectivity index (χ0n) is 18.2. The van der Waals surface area contributed by atoms with E-state index in [1.165, 1.54) is 0 Å². The average Bonchev–Trinajstić information content (AvgIpc) is 2.82. The van der Waals surface area contributed by atoms with Crippen LogP contribution in [0.3, 0.4) is 0 Å². The predicted octanol–water partition coefficient (Wildman–Crippen LogP) is 4.87. The van der Waals surface area contributed by atoms with Crippen LogP contribution in [0.5, 0.6) is 11.6 Å². The molecule has 1 N–H and O–H groups in total. The number of benzene rings is 2. The lowest BCUT2D eigenvalue weighted by Gasteiger charge is -2.14. The lowest BCUT2D eigenvalue weighted by Crippen LogP contribution is -2.06. The van der Waals surface area contributed by atoms with E-state index >= 15 is 0 Å². The van der Waals surface area contributed by atoms with Crippen LogP contribution in [0.1, 0.15) is 24.5 Å². The second-order valence-corrected chi connectivity index (χ2v) is 6.92. The number of nitrogens with one attached hydrogen (secondary N) is 1. The van der Waals surface area contributed by atoms with Crippen LogP contribution in [0.2, 0.25) is 0 Å².